The van der Waals surface area contributed by atoms with Crippen LogP contribution in [-0.4, -0.2) is 163 Å². The van der Waals surface area contributed by atoms with E-state index < -0.39 is 117 Å². The molecule has 11 atom stereocenters. The van der Waals surface area contributed by atoms with E-state index in [-0.39, 0.29) is 19.6 Å². The molecule has 256 valence electrons. The maximum Gasteiger partial charge on any atom is 0.407 e. The van der Waals surface area contributed by atoms with Crippen molar-refractivity contribution >= 4 is 17.8 Å². The van der Waals surface area contributed by atoms with Gasteiger partial charge in [0.15, 0.2) is 5.78 Å². The topological polar surface area (TPSA) is 260 Å². The molecule has 8 N–H and O–H groups in total. The molecular weight excluding hydrogens is 594 g/mol. The van der Waals surface area contributed by atoms with Crippen LogP contribution in [-0.2, 0) is 38.0 Å². The molecule has 0 aromatic rings. The number of ether oxygens (including phenoxy) is 6. The van der Waals surface area contributed by atoms with Crippen LogP contribution >= 0.6 is 0 Å². The number of Topliss-reactive ketones (excluding diaryl/α,β-unsaturated/α-hetero) is 1. The summed E-state index contributed by atoms with van der Waals surface area (Å²) in [6, 6.07) is 0. The van der Waals surface area contributed by atoms with Crippen LogP contribution in [0, 0.1) is 17.8 Å². The highest BCUT2D eigenvalue weighted by Gasteiger charge is 2.56. The van der Waals surface area contributed by atoms with Crippen molar-refractivity contribution in [2.75, 3.05) is 60.4 Å². The summed E-state index contributed by atoms with van der Waals surface area (Å²) in [6.07, 6.45) is -12.1. The van der Waals surface area contributed by atoms with Gasteiger partial charge in [-0.25, -0.2) is 9.59 Å². The molecule has 17 heteroatoms. The number of aliphatic hydroxyl groups excluding tert-OH is 6. The minimum atomic E-state index is -2.59. The fourth-order valence-corrected chi connectivity index (χ4v) is 5.37. The van der Waals surface area contributed by atoms with Gasteiger partial charge in [-0.2, -0.15) is 0 Å². The zero-order valence-corrected chi connectivity index (χ0v) is 25.1. The average molecular weight is 642 g/mol. The predicted octanol–water partition coefficient (Wildman–Crippen LogP) is -2.99. The SMILES string of the molecule is COCCOCCOC(=O)NCC(=O)CC1C(O)CC(OCC2CC(OC)C(C)C(O)C2O)(C(=O)O)OC1[C@H](O)[C@H](O)CO. The van der Waals surface area contributed by atoms with Gasteiger partial charge >= 0.3 is 12.1 Å². The van der Waals surface area contributed by atoms with Gasteiger partial charge in [-0.05, 0) is 6.42 Å². The van der Waals surface area contributed by atoms with Crippen LogP contribution in [0.5, 0.6) is 0 Å². The van der Waals surface area contributed by atoms with Crippen LogP contribution < -0.4 is 5.32 Å². The zero-order chi connectivity index (χ0) is 33.0. The van der Waals surface area contributed by atoms with Crippen LogP contribution in [0.3, 0.4) is 0 Å². The lowest BCUT2D eigenvalue weighted by atomic mass is 9.76. The van der Waals surface area contributed by atoms with Crippen LogP contribution in [0.25, 0.3) is 0 Å². The first-order chi connectivity index (χ1) is 20.8. The first kappa shape index (κ1) is 38.2. The fraction of sp³-hybridized carbons (Fsp3) is 0.889. The summed E-state index contributed by atoms with van der Waals surface area (Å²) in [4.78, 5) is 37.1. The van der Waals surface area contributed by atoms with Crippen molar-refractivity contribution in [1.29, 1.82) is 0 Å². The van der Waals surface area contributed by atoms with Gasteiger partial charge in [-0.3, -0.25) is 4.79 Å². The number of carboxylic acids is 1. The van der Waals surface area contributed by atoms with E-state index in [4.69, 9.17) is 28.4 Å². The van der Waals surface area contributed by atoms with E-state index in [2.05, 4.69) is 5.32 Å². The second-order valence-corrected chi connectivity index (χ2v) is 11.1. The van der Waals surface area contributed by atoms with Gasteiger partial charge in [0, 0.05) is 44.8 Å². The monoisotopic (exact) mass is 641 g/mol. The maximum atomic E-state index is 12.7. The molecular formula is C27H47NO16. The molecule has 9 unspecified atom stereocenters. The smallest absolute Gasteiger partial charge is 0.407 e. The van der Waals surface area contributed by atoms with Gasteiger partial charge in [-0.15, -0.1) is 0 Å². The minimum Gasteiger partial charge on any atom is -0.477 e. The number of carboxylic acid groups (broad SMARTS) is 1. The summed E-state index contributed by atoms with van der Waals surface area (Å²) < 4.78 is 31.6. The Labute approximate surface area is 254 Å². The van der Waals surface area contributed by atoms with E-state index >= 15 is 0 Å². The number of carbonyl (C=O) groups excluding carboxylic acids is 2. The summed E-state index contributed by atoms with van der Waals surface area (Å²) in [5.41, 5.74) is 0. The van der Waals surface area contributed by atoms with Crippen molar-refractivity contribution in [2.24, 2.45) is 17.8 Å². The highest BCUT2D eigenvalue weighted by molar-refractivity contribution is 5.84. The molecule has 1 aliphatic heterocycles. The van der Waals surface area contributed by atoms with Crippen molar-refractivity contribution in [1.82, 2.24) is 5.32 Å². The highest BCUT2D eigenvalue weighted by Crippen LogP contribution is 2.40. The summed E-state index contributed by atoms with van der Waals surface area (Å²) >= 11 is 0. The third-order valence-corrected chi connectivity index (χ3v) is 8.08. The number of rotatable bonds is 18. The summed E-state index contributed by atoms with van der Waals surface area (Å²) in [7, 11) is 2.94. The number of hydrogen-bond donors (Lipinski definition) is 8. The lowest BCUT2D eigenvalue weighted by Gasteiger charge is -2.47. The van der Waals surface area contributed by atoms with Gasteiger partial charge in [-0.1, -0.05) is 6.92 Å². The van der Waals surface area contributed by atoms with E-state index in [0.717, 1.165) is 0 Å². The molecule has 0 radical (unpaired) electrons. The summed E-state index contributed by atoms with van der Waals surface area (Å²) in [5, 5.41) is 74.6. The second-order valence-electron chi connectivity index (χ2n) is 11.1. The summed E-state index contributed by atoms with van der Waals surface area (Å²) in [6.45, 7) is 0.416. The number of aliphatic hydroxyl groups is 6. The number of amides is 1. The lowest BCUT2D eigenvalue weighted by Crippen LogP contribution is -2.62. The Morgan fingerprint density at radius 2 is 1.73 bits per heavy atom. The number of methoxy groups -OCH3 is 2. The van der Waals surface area contributed by atoms with E-state index in [9.17, 15) is 50.1 Å². The van der Waals surface area contributed by atoms with Crippen LogP contribution in [0.2, 0.25) is 0 Å². The fourth-order valence-electron chi connectivity index (χ4n) is 5.37. The van der Waals surface area contributed by atoms with Crippen molar-refractivity contribution in [3.63, 3.8) is 0 Å². The normalized spacial score (nSPS) is 33.8. The number of hydrogen-bond acceptors (Lipinski definition) is 15. The third-order valence-electron chi connectivity index (χ3n) is 8.08. The van der Waals surface area contributed by atoms with Crippen molar-refractivity contribution < 1.29 is 78.6 Å². The Morgan fingerprint density at radius 3 is 2.34 bits per heavy atom. The molecule has 17 nitrogen and oxygen atoms in total. The summed E-state index contributed by atoms with van der Waals surface area (Å²) in [5.74, 6) is -7.44. The van der Waals surface area contributed by atoms with E-state index in [0.29, 0.717) is 13.2 Å². The molecule has 0 aromatic heterocycles. The molecule has 44 heavy (non-hydrogen) atoms. The van der Waals surface area contributed by atoms with Crippen LogP contribution in [0.1, 0.15) is 26.2 Å². The Kier molecular flexibility index (Phi) is 15.8. The predicted molar refractivity (Wildman–Crippen MR) is 146 cm³/mol. The van der Waals surface area contributed by atoms with E-state index in [1.807, 2.05) is 0 Å². The van der Waals surface area contributed by atoms with E-state index in [1.165, 1.54) is 14.2 Å². The van der Waals surface area contributed by atoms with Crippen molar-refractivity contribution in [3.05, 3.63) is 0 Å². The largest absolute Gasteiger partial charge is 0.477 e. The number of carbonyl (C=O) groups is 3. The van der Waals surface area contributed by atoms with Crippen LogP contribution in [0.4, 0.5) is 4.79 Å². The molecule has 2 fully saturated rings. The Hall–Kier alpha value is -2.03. The van der Waals surface area contributed by atoms with Gasteiger partial charge in [0.2, 0.25) is 0 Å². The number of nitrogens with one attached hydrogen (secondary N) is 1. The molecule has 2 aliphatic rings. The van der Waals surface area contributed by atoms with E-state index in [1.54, 1.807) is 6.92 Å². The highest BCUT2D eigenvalue weighted by atomic mass is 16.7. The molecule has 0 bridgehead atoms. The molecule has 1 aliphatic carbocycles. The number of ketones is 1. The molecule has 1 saturated heterocycles. The van der Waals surface area contributed by atoms with Crippen LogP contribution in [0.15, 0.2) is 0 Å². The number of alkyl carbamates (subject to hydrolysis) is 1. The van der Waals surface area contributed by atoms with Gasteiger partial charge in [0.1, 0.15) is 18.8 Å². The zero-order valence-electron chi connectivity index (χ0n) is 25.1. The van der Waals surface area contributed by atoms with Gasteiger partial charge < -0.3 is 69.5 Å². The first-order valence-corrected chi connectivity index (χ1v) is 14.4. The number of aliphatic carboxylic acids is 1. The molecule has 1 amide bonds. The molecule has 1 saturated carbocycles. The first-order valence-electron chi connectivity index (χ1n) is 14.4. The average Bonchev–Trinajstić information content (AvgIpc) is 3.00. The third kappa shape index (κ3) is 10.2. The maximum absolute atomic E-state index is 12.7. The standard InChI is InChI=1S/C27H47NO16/c1-14-20(40-3)8-15(22(34)21(14)33)13-43-27(25(36)37)10-18(31)17(24(44-27)23(35)19(32)12-29)9-16(30)11-28-26(38)42-7-6-41-5-4-39-2/h14-15,17-24,29,31-35H,4-13H2,1-3H3,(H,28,38)(H,36,37)/t14?,15?,17?,18?,19-,20?,21?,22?,23-,24?,27?/m1/s1. The molecule has 2 rings (SSSR count). The molecule has 0 aromatic carbocycles. The Balaban J connectivity index is 2.10. The minimum absolute atomic E-state index is 0.0918. The van der Waals surface area contributed by atoms with Crippen molar-refractivity contribution in [3.8, 4) is 0 Å². The molecule has 1 heterocycles. The molecule has 0 spiro atoms. The van der Waals surface area contributed by atoms with Crippen molar-refractivity contribution in [2.45, 2.75) is 74.7 Å². The van der Waals surface area contributed by atoms with Gasteiger partial charge in [0.05, 0.1) is 70.1 Å². The Bertz CT molecular complexity index is 907. The second kappa shape index (κ2) is 18.2. The quantitative estimate of drug-likeness (QED) is 0.0694. The lowest BCUT2D eigenvalue weighted by molar-refractivity contribution is -0.324. The Morgan fingerprint density at radius 1 is 1.05 bits per heavy atom. The van der Waals surface area contributed by atoms with Gasteiger partial charge in [0.25, 0.3) is 5.79 Å².